The van der Waals surface area contributed by atoms with Crippen LogP contribution in [0.25, 0.3) is 0 Å². The fourth-order valence-electron chi connectivity index (χ4n) is 6.94. The Morgan fingerprint density at radius 1 is 0.500 bits per heavy atom. The van der Waals surface area contributed by atoms with Crippen molar-refractivity contribution in [1.29, 1.82) is 0 Å². The van der Waals surface area contributed by atoms with Gasteiger partial charge in [-0.15, -0.1) is 0 Å². The maximum atomic E-state index is 12.7. The molecule has 0 aliphatic carbocycles. The number of hydrogen-bond donors (Lipinski definition) is 2. The van der Waals surface area contributed by atoms with Crippen molar-refractivity contribution < 1.29 is 32.8 Å². The quantitative estimate of drug-likeness (QED) is 0.0268. The fraction of sp³-hybridized carbons (Fsp3) is 0.755. The first-order valence-electron chi connectivity index (χ1n) is 25.4. The van der Waals surface area contributed by atoms with E-state index in [0.717, 1.165) is 83.5 Å². The SMILES string of the molecule is CC/C=C\C/C=C\C/C=C\C/C=C\C/C=C\C/C=C\CCCCCCCOCC(COP(=O)(O)OCCN)OC(=O)CCCCCCCCCCCCCCCCCCCCC. The van der Waals surface area contributed by atoms with Gasteiger partial charge in [-0.3, -0.25) is 13.8 Å². The van der Waals surface area contributed by atoms with Crippen LogP contribution in [0.15, 0.2) is 72.9 Å². The Kier molecular flexibility index (Phi) is 48.3. The zero-order chi connectivity index (χ0) is 45.1. The van der Waals surface area contributed by atoms with Crippen LogP contribution in [0.3, 0.4) is 0 Å². The summed E-state index contributed by atoms with van der Waals surface area (Å²) in [5, 5.41) is 0. The number of esters is 1. The molecule has 0 aromatic rings. The molecular formula is C53H96NO7P. The number of ether oxygens (including phenoxy) is 2. The lowest BCUT2D eigenvalue weighted by Gasteiger charge is -2.20. The number of hydrogen-bond acceptors (Lipinski definition) is 7. The Labute approximate surface area is 382 Å². The number of nitrogens with two attached hydrogens (primary N) is 1. The summed E-state index contributed by atoms with van der Waals surface area (Å²) in [4.78, 5) is 22.6. The van der Waals surface area contributed by atoms with Crippen molar-refractivity contribution in [3.63, 3.8) is 0 Å². The lowest BCUT2D eigenvalue weighted by molar-refractivity contribution is -0.154. The van der Waals surface area contributed by atoms with Gasteiger partial charge in [0.2, 0.25) is 0 Å². The molecule has 0 aromatic heterocycles. The highest BCUT2D eigenvalue weighted by Crippen LogP contribution is 2.43. The summed E-state index contributed by atoms with van der Waals surface area (Å²) in [5.74, 6) is -0.336. The minimum atomic E-state index is -4.29. The Hall–Kier alpha value is -2.06. The number of phosphoric ester groups is 1. The summed E-state index contributed by atoms with van der Waals surface area (Å²) in [7, 11) is -4.29. The molecule has 0 rings (SSSR count). The number of carbonyl (C=O) groups excluding carboxylic acids is 1. The predicted molar refractivity (Wildman–Crippen MR) is 265 cm³/mol. The number of allylic oxidation sites excluding steroid dienone is 12. The van der Waals surface area contributed by atoms with E-state index in [2.05, 4.69) is 86.8 Å². The Balaban J connectivity index is 4.01. The minimum Gasteiger partial charge on any atom is -0.457 e. The summed E-state index contributed by atoms with van der Waals surface area (Å²) < 4.78 is 33.6. The summed E-state index contributed by atoms with van der Waals surface area (Å²) in [6.07, 6.45) is 63.6. The van der Waals surface area contributed by atoms with Gasteiger partial charge in [0, 0.05) is 19.6 Å². The summed E-state index contributed by atoms with van der Waals surface area (Å²) in [6.45, 7) is 4.78. The van der Waals surface area contributed by atoms with E-state index >= 15 is 0 Å². The van der Waals surface area contributed by atoms with E-state index in [1.807, 2.05) is 0 Å². The van der Waals surface area contributed by atoms with Crippen molar-refractivity contribution in [2.24, 2.45) is 5.73 Å². The molecule has 0 saturated carbocycles. The smallest absolute Gasteiger partial charge is 0.457 e. The van der Waals surface area contributed by atoms with Crippen LogP contribution in [-0.4, -0.2) is 49.9 Å². The predicted octanol–water partition coefficient (Wildman–Crippen LogP) is 15.9. The molecule has 62 heavy (non-hydrogen) atoms. The van der Waals surface area contributed by atoms with Crippen LogP contribution in [0.2, 0.25) is 0 Å². The van der Waals surface area contributed by atoms with Crippen LogP contribution in [-0.2, 0) is 27.9 Å². The number of unbranched alkanes of at least 4 members (excludes halogenated alkanes) is 23. The van der Waals surface area contributed by atoms with Gasteiger partial charge < -0.3 is 20.1 Å². The molecule has 3 N–H and O–H groups in total. The second kappa shape index (κ2) is 49.9. The van der Waals surface area contributed by atoms with E-state index in [1.54, 1.807) is 0 Å². The number of phosphoric acid groups is 1. The molecule has 0 aliphatic heterocycles. The van der Waals surface area contributed by atoms with Gasteiger partial charge in [-0.2, -0.15) is 0 Å². The molecule has 0 bridgehead atoms. The monoisotopic (exact) mass is 890 g/mol. The lowest BCUT2D eigenvalue weighted by Crippen LogP contribution is -2.28. The standard InChI is InChI=1S/C53H96NO7P/c1-3-5-7-9-11-13-15-17-19-21-23-24-25-26-27-29-31-33-35-37-39-41-43-45-48-58-50-52(51-60-62(56,57)59-49-47-54)61-53(55)46-44-42-40-38-36-34-32-30-28-22-20-18-16-14-12-10-8-6-4-2/h5,7,11,13,17,19,23-24,26-27,31,33,52H,3-4,6,8-10,12,14-16,18,20-22,25,28-30,32,34-51,54H2,1-2H3,(H,56,57)/b7-5-,13-11-,19-17-,24-23-,27-26-,33-31-. The molecule has 0 heterocycles. The van der Waals surface area contributed by atoms with Gasteiger partial charge in [0.1, 0.15) is 6.10 Å². The molecule has 2 unspecified atom stereocenters. The second-order valence-corrected chi connectivity index (χ2v) is 18.1. The van der Waals surface area contributed by atoms with Crippen LogP contribution in [0.4, 0.5) is 0 Å². The molecule has 360 valence electrons. The maximum absolute atomic E-state index is 12.7. The zero-order valence-electron chi connectivity index (χ0n) is 40.1. The summed E-state index contributed by atoms with van der Waals surface area (Å²) in [5.41, 5.74) is 5.39. The van der Waals surface area contributed by atoms with Gasteiger partial charge in [0.05, 0.1) is 19.8 Å². The average Bonchev–Trinajstić information content (AvgIpc) is 3.26. The molecule has 0 radical (unpaired) electrons. The van der Waals surface area contributed by atoms with Crippen molar-refractivity contribution >= 4 is 13.8 Å². The zero-order valence-corrected chi connectivity index (χ0v) is 41.0. The molecule has 0 fully saturated rings. The van der Waals surface area contributed by atoms with Crippen molar-refractivity contribution in [2.45, 2.75) is 225 Å². The number of carbonyl (C=O) groups is 1. The van der Waals surface area contributed by atoms with E-state index < -0.39 is 13.9 Å². The van der Waals surface area contributed by atoms with Crippen LogP contribution in [0.5, 0.6) is 0 Å². The summed E-state index contributed by atoms with van der Waals surface area (Å²) in [6, 6.07) is 0. The van der Waals surface area contributed by atoms with Gasteiger partial charge in [-0.05, 0) is 64.2 Å². The molecule has 2 atom stereocenters. The highest BCUT2D eigenvalue weighted by Gasteiger charge is 2.25. The Morgan fingerprint density at radius 3 is 1.35 bits per heavy atom. The average molecular weight is 890 g/mol. The highest BCUT2D eigenvalue weighted by molar-refractivity contribution is 7.47. The van der Waals surface area contributed by atoms with Crippen LogP contribution in [0.1, 0.15) is 219 Å². The topological polar surface area (TPSA) is 117 Å². The largest absolute Gasteiger partial charge is 0.472 e. The first-order valence-corrected chi connectivity index (χ1v) is 26.9. The highest BCUT2D eigenvalue weighted by atomic mass is 31.2. The summed E-state index contributed by atoms with van der Waals surface area (Å²) >= 11 is 0. The normalized spacial score (nSPS) is 13.9. The van der Waals surface area contributed by atoms with Gasteiger partial charge in [0.15, 0.2) is 0 Å². The number of rotatable bonds is 48. The van der Waals surface area contributed by atoms with E-state index in [4.69, 9.17) is 24.3 Å². The molecule has 0 aliphatic rings. The Bertz CT molecular complexity index is 1180. The molecule has 9 heteroatoms. The molecule has 0 spiro atoms. The third-order valence-corrected chi connectivity index (χ3v) is 11.6. The van der Waals surface area contributed by atoms with E-state index in [9.17, 15) is 14.3 Å². The molecular weight excluding hydrogens is 794 g/mol. The van der Waals surface area contributed by atoms with Crippen molar-refractivity contribution in [3.8, 4) is 0 Å². The van der Waals surface area contributed by atoms with E-state index in [0.29, 0.717) is 13.0 Å². The Morgan fingerprint density at radius 2 is 0.903 bits per heavy atom. The fourth-order valence-corrected chi connectivity index (χ4v) is 7.71. The third-order valence-electron chi connectivity index (χ3n) is 10.6. The molecule has 8 nitrogen and oxygen atoms in total. The van der Waals surface area contributed by atoms with Crippen LogP contribution in [0, 0.1) is 0 Å². The van der Waals surface area contributed by atoms with Crippen molar-refractivity contribution in [2.75, 3.05) is 33.0 Å². The van der Waals surface area contributed by atoms with Crippen LogP contribution >= 0.6 is 7.82 Å². The third kappa shape index (κ3) is 49.0. The molecule has 0 amide bonds. The van der Waals surface area contributed by atoms with Crippen molar-refractivity contribution in [3.05, 3.63) is 72.9 Å². The van der Waals surface area contributed by atoms with Crippen LogP contribution < -0.4 is 5.73 Å². The van der Waals surface area contributed by atoms with Crippen molar-refractivity contribution in [1.82, 2.24) is 0 Å². The van der Waals surface area contributed by atoms with Gasteiger partial charge in [0.25, 0.3) is 0 Å². The second-order valence-electron chi connectivity index (χ2n) is 16.7. The molecule has 0 saturated heterocycles. The maximum Gasteiger partial charge on any atom is 0.472 e. The van der Waals surface area contributed by atoms with Gasteiger partial charge >= 0.3 is 13.8 Å². The molecule has 0 aromatic carbocycles. The first kappa shape index (κ1) is 59.9. The first-order chi connectivity index (χ1) is 30.4. The van der Waals surface area contributed by atoms with E-state index in [1.165, 1.54) is 116 Å². The van der Waals surface area contributed by atoms with Gasteiger partial charge in [-0.25, -0.2) is 4.57 Å². The minimum absolute atomic E-state index is 0.0946. The van der Waals surface area contributed by atoms with Gasteiger partial charge in [-0.1, -0.05) is 222 Å². The lowest BCUT2D eigenvalue weighted by atomic mass is 10.0. The van der Waals surface area contributed by atoms with E-state index in [-0.39, 0.29) is 32.3 Å².